The lowest BCUT2D eigenvalue weighted by atomic mass is 10.3. The maximum absolute atomic E-state index is 5.91. The van der Waals surface area contributed by atoms with Gasteiger partial charge < -0.3 is 4.74 Å². The number of benzene rings is 1. The molecule has 0 aliphatic rings. The molecule has 1 aromatic heterocycles. The highest BCUT2D eigenvalue weighted by molar-refractivity contribution is 6.99. The molecule has 1 heterocycles. The zero-order valence-corrected chi connectivity index (χ0v) is 11.2. The van der Waals surface area contributed by atoms with Crippen LogP contribution in [0.15, 0.2) is 12.1 Å². The van der Waals surface area contributed by atoms with Crippen LogP contribution in [0.2, 0.25) is 20.2 Å². The van der Waals surface area contributed by atoms with Crippen LogP contribution < -0.4 is 4.74 Å². The van der Waals surface area contributed by atoms with E-state index in [2.05, 4.69) is 8.75 Å². The van der Waals surface area contributed by atoms with Crippen molar-refractivity contribution in [3.63, 3.8) is 0 Å². The minimum Gasteiger partial charge on any atom is -0.434 e. The van der Waals surface area contributed by atoms with E-state index in [9.17, 15) is 0 Å². The van der Waals surface area contributed by atoms with Crippen LogP contribution in [0.1, 0.15) is 0 Å². The fourth-order valence-electron chi connectivity index (χ4n) is 0.917. The molecule has 2 aromatic rings. The van der Waals surface area contributed by atoms with Gasteiger partial charge in [-0.25, -0.2) is 0 Å². The lowest BCUT2D eigenvalue weighted by Crippen LogP contribution is -1.86. The molecule has 0 saturated carbocycles. The van der Waals surface area contributed by atoms with Crippen molar-refractivity contribution in [3.8, 4) is 11.6 Å². The van der Waals surface area contributed by atoms with Crippen molar-refractivity contribution in [1.29, 1.82) is 0 Å². The van der Waals surface area contributed by atoms with E-state index in [4.69, 9.17) is 51.1 Å². The van der Waals surface area contributed by atoms with Gasteiger partial charge in [-0.15, -0.1) is 4.37 Å². The van der Waals surface area contributed by atoms with Gasteiger partial charge in [0, 0.05) is 6.07 Å². The van der Waals surface area contributed by atoms with Crippen molar-refractivity contribution in [2.75, 3.05) is 0 Å². The minimum atomic E-state index is 0.173. The molecule has 0 saturated heterocycles. The zero-order chi connectivity index (χ0) is 11.7. The Morgan fingerprint density at radius 2 is 1.62 bits per heavy atom. The second-order valence-corrected chi connectivity index (χ2v) is 4.77. The second-order valence-electron chi connectivity index (χ2n) is 2.66. The summed E-state index contributed by atoms with van der Waals surface area (Å²) in [6.45, 7) is 0. The van der Waals surface area contributed by atoms with E-state index in [1.807, 2.05) is 0 Å². The minimum absolute atomic E-state index is 0.173. The van der Waals surface area contributed by atoms with Gasteiger partial charge in [-0.05, 0) is 6.07 Å². The standard InChI is InChI=1S/C8H2Cl4N2OS/c9-3-1-5(11)6(2-4(3)10)15-8-7(12)13-16-14-8/h1-2H. The highest BCUT2D eigenvalue weighted by Crippen LogP contribution is 2.37. The van der Waals surface area contributed by atoms with Gasteiger partial charge in [0.2, 0.25) is 5.15 Å². The van der Waals surface area contributed by atoms with E-state index in [-0.39, 0.29) is 11.0 Å². The fraction of sp³-hybridized carbons (Fsp3) is 0. The van der Waals surface area contributed by atoms with Gasteiger partial charge in [-0.3, -0.25) is 0 Å². The number of halogens is 4. The topological polar surface area (TPSA) is 35.0 Å². The molecule has 0 aliphatic heterocycles. The van der Waals surface area contributed by atoms with Crippen molar-refractivity contribution >= 4 is 58.1 Å². The van der Waals surface area contributed by atoms with Crippen molar-refractivity contribution in [3.05, 3.63) is 32.4 Å². The molecule has 0 N–H and O–H groups in total. The van der Waals surface area contributed by atoms with Crippen LogP contribution >= 0.6 is 58.1 Å². The van der Waals surface area contributed by atoms with Gasteiger partial charge in [0.05, 0.1) is 26.8 Å². The first-order valence-corrected chi connectivity index (χ1v) is 6.12. The summed E-state index contributed by atoms with van der Waals surface area (Å²) in [5.74, 6) is 0.512. The van der Waals surface area contributed by atoms with Crippen LogP contribution in [-0.4, -0.2) is 8.75 Å². The first-order valence-electron chi connectivity index (χ1n) is 3.88. The van der Waals surface area contributed by atoms with E-state index in [1.165, 1.54) is 12.1 Å². The van der Waals surface area contributed by atoms with Crippen molar-refractivity contribution in [2.24, 2.45) is 0 Å². The van der Waals surface area contributed by atoms with E-state index in [0.717, 1.165) is 11.7 Å². The van der Waals surface area contributed by atoms with Crippen LogP contribution in [0.5, 0.6) is 11.6 Å². The van der Waals surface area contributed by atoms with Crippen LogP contribution in [0.4, 0.5) is 0 Å². The summed E-state index contributed by atoms with van der Waals surface area (Å²) >= 11 is 24.2. The third kappa shape index (κ3) is 2.52. The van der Waals surface area contributed by atoms with Crippen LogP contribution in [0, 0.1) is 0 Å². The molecule has 2 rings (SSSR count). The molecule has 0 unspecified atom stereocenters. The van der Waals surface area contributed by atoms with Crippen molar-refractivity contribution in [1.82, 2.24) is 8.75 Å². The van der Waals surface area contributed by atoms with Gasteiger partial charge >= 0.3 is 0 Å². The zero-order valence-electron chi connectivity index (χ0n) is 7.38. The number of hydrogen-bond acceptors (Lipinski definition) is 4. The molecular weight excluding hydrogens is 314 g/mol. The number of nitrogens with zero attached hydrogens (tertiary/aromatic N) is 2. The molecular formula is C8H2Cl4N2OS. The quantitative estimate of drug-likeness (QED) is 0.736. The molecule has 84 valence electrons. The van der Waals surface area contributed by atoms with Crippen LogP contribution in [0.25, 0.3) is 0 Å². The molecule has 0 bridgehead atoms. The third-order valence-corrected chi connectivity index (χ3v) is 3.48. The Morgan fingerprint density at radius 3 is 2.25 bits per heavy atom. The van der Waals surface area contributed by atoms with E-state index < -0.39 is 0 Å². The van der Waals surface area contributed by atoms with Gasteiger partial charge in [-0.2, -0.15) is 4.37 Å². The first kappa shape index (κ1) is 12.2. The van der Waals surface area contributed by atoms with E-state index in [1.54, 1.807) is 0 Å². The SMILES string of the molecule is Clc1cc(Cl)c(Oc2nsnc2Cl)cc1Cl. The maximum atomic E-state index is 5.91. The van der Waals surface area contributed by atoms with Crippen LogP contribution in [0.3, 0.4) is 0 Å². The predicted octanol–water partition coefficient (Wildman–Crippen LogP) is 4.94. The average Bonchev–Trinajstić information content (AvgIpc) is 2.61. The largest absolute Gasteiger partial charge is 0.434 e. The fourth-order valence-corrected chi connectivity index (χ4v) is 2.10. The third-order valence-electron chi connectivity index (χ3n) is 1.60. The number of hydrogen-bond donors (Lipinski definition) is 0. The van der Waals surface area contributed by atoms with Gasteiger partial charge in [0.1, 0.15) is 5.75 Å². The normalized spacial score (nSPS) is 10.5. The molecule has 0 atom stereocenters. The number of rotatable bonds is 2. The molecule has 0 amide bonds. The van der Waals surface area contributed by atoms with Gasteiger partial charge in [0.25, 0.3) is 5.88 Å². The maximum Gasteiger partial charge on any atom is 0.270 e. The molecule has 8 heteroatoms. The lowest BCUT2D eigenvalue weighted by Gasteiger charge is -2.06. The molecule has 0 spiro atoms. The molecule has 3 nitrogen and oxygen atoms in total. The Morgan fingerprint density at radius 1 is 0.938 bits per heavy atom. The van der Waals surface area contributed by atoms with Crippen molar-refractivity contribution < 1.29 is 4.74 Å². The summed E-state index contributed by atoms with van der Waals surface area (Å²) in [5.41, 5.74) is 0. The second kappa shape index (κ2) is 4.94. The summed E-state index contributed by atoms with van der Waals surface area (Å²) in [6, 6.07) is 2.97. The highest BCUT2D eigenvalue weighted by Gasteiger charge is 2.12. The highest BCUT2D eigenvalue weighted by atomic mass is 35.5. The number of ether oxygens (including phenoxy) is 1. The van der Waals surface area contributed by atoms with E-state index in [0.29, 0.717) is 20.8 Å². The Kier molecular flexibility index (Phi) is 3.77. The Balaban J connectivity index is 2.35. The molecule has 1 aromatic carbocycles. The average molecular weight is 316 g/mol. The van der Waals surface area contributed by atoms with Crippen molar-refractivity contribution in [2.45, 2.75) is 0 Å². The lowest BCUT2D eigenvalue weighted by molar-refractivity contribution is 0.468. The first-order chi connectivity index (χ1) is 7.58. The Bertz CT molecular complexity index is 531. The summed E-state index contributed by atoms with van der Waals surface area (Å²) in [5, 5.41) is 1.17. The van der Waals surface area contributed by atoms with Crippen LogP contribution in [-0.2, 0) is 0 Å². The Hall–Kier alpha value is -0.260. The molecule has 0 fully saturated rings. The van der Waals surface area contributed by atoms with Gasteiger partial charge in [0.15, 0.2) is 0 Å². The summed E-state index contributed by atoms with van der Waals surface area (Å²) in [4.78, 5) is 0. The smallest absolute Gasteiger partial charge is 0.270 e. The molecule has 0 aliphatic carbocycles. The summed E-state index contributed by atoms with van der Waals surface area (Å²) in [6.07, 6.45) is 0. The summed E-state index contributed by atoms with van der Waals surface area (Å²) < 4.78 is 12.9. The summed E-state index contributed by atoms with van der Waals surface area (Å²) in [7, 11) is 0. The Labute approximate surface area is 115 Å². The molecule has 0 radical (unpaired) electrons. The number of aromatic nitrogens is 2. The van der Waals surface area contributed by atoms with Gasteiger partial charge in [-0.1, -0.05) is 46.4 Å². The van der Waals surface area contributed by atoms with E-state index >= 15 is 0 Å². The predicted molar refractivity (Wildman–Crippen MR) is 66.5 cm³/mol. The monoisotopic (exact) mass is 314 g/mol. The molecule has 16 heavy (non-hydrogen) atoms.